The van der Waals surface area contributed by atoms with Gasteiger partial charge in [-0.3, -0.25) is 4.79 Å². The largest absolute Gasteiger partial charge is 0.573 e. The van der Waals surface area contributed by atoms with E-state index >= 15 is 0 Å². The molecule has 0 saturated carbocycles. The van der Waals surface area contributed by atoms with Gasteiger partial charge in [0, 0.05) is 15.7 Å². The lowest BCUT2D eigenvalue weighted by Crippen LogP contribution is -2.19. The summed E-state index contributed by atoms with van der Waals surface area (Å²) < 4.78 is 41.6. The highest BCUT2D eigenvalue weighted by atomic mass is 79.9. The average Bonchev–Trinajstić information content (AvgIpc) is 2.39. The Morgan fingerprint density at radius 1 is 1.10 bits per heavy atom. The number of carbonyl (C=O) groups is 1. The van der Waals surface area contributed by atoms with E-state index in [9.17, 15) is 18.0 Å². The standard InChI is InChI=1S/C14H9BrF3NO2/c15-8-5-6-11(19)10(7-8)13(20)9-3-1-2-4-12(9)21-14(16,17)18/h1-7H,19H2. The predicted octanol–water partition coefficient (Wildman–Crippen LogP) is 4.16. The summed E-state index contributed by atoms with van der Waals surface area (Å²) in [5.74, 6) is -1.21. The minimum absolute atomic E-state index is 0.0996. The van der Waals surface area contributed by atoms with Gasteiger partial charge in [0.05, 0.1) is 5.56 Å². The molecule has 0 aliphatic carbocycles. The monoisotopic (exact) mass is 359 g/mol. The van der Waals surface area contributed by atoms with E-state index in [0.29, 0.717) is 4.47 Å². The second-order valence-corrected chi connectivity index (χ2v) is 5.02. The summed E-state index contributed by atoms with van der Waals surface area (Å²) in [6, 6.07) is 9.70. The van der Waals surface area contributed by atoms with Crippen LogP contribution >= 0.6 is 15.9 Å². The van der Waals surface area contributed by atoms with Crippen molar-refractivity contribution in [3.05, 3.63) is 58.1 Å². The number of halogens is 4. The van der Waals surface area contributed by atoms with Gasteiger partial charge in [-0.25, -0.2) is 0 Å². The van der Waals surface area contributed by atoms with Crippen LogP contribution < -0.4 is 10.5 Å². The number of ether oxygens (including phenoxy) is 1. The van der Waals surface area contributed by atoms with Crippen molar-refractivity contribution in [2.24, 2.45) is 0 Å². The minimum Gasteiger partial charge on any atom is -0.405 e. The van der Waals surface area contributed by atoms with Gasteiger partial charge in [0.15, 0.2) is 5.78 Å². The molecule has 0 amide bonds. The smallest absolute Gasteiger partial charge is 0.405 e. The van der Waals surface area contributed by atoms with Gasteiger partial charge in [-0.2, -0.15) is 0 Å². The van der Waals surface area contributed by atoms with Crippen molar-refractivity contribution in [2.45, 2.75) is 6.36 Å². The van der Waals surface area contributed by atoms with Crippen LogP contribution in [0.15, 0.2) is 46.9 Å². The van der Waals surface area contributed by atoms with Gasteiger partial charge in [0.1, 0.15) is 5.75 Å². The maximum Gasteiger partial charge on any atom is 0.573 e. The minimum atomic E-state index is -4.88. The molecule has 2 N–H and O–H groups in total. The van der Waals surface area contributed by atoms with Crippen molar-refractivity contribution in [3.8, 4) is 5.75 Å². The molecule has 0 heterocycles. The zero-order valence-electron chi connectivity index (χ0n) is 10.4. The second kappa shape index (κ2) is 5.77. The third-order valence-corrected chi connectivity index (χ3v) is 3.11. The summed E-state index contributed by atoms with van der Waals surface area (Å²) in [5.41, 5.74) is 5.76. The Bertz CT molecular complexity index is 686. The van der Waals surface area contributed by atoms with E-state index in [1.54, 1.807) is 6.07 Å². The molecule has 2 rings (SSSR count). The number of para-hydroxylation sites is 1. The molecular formula is C14H9BrF3NO2. The molecule has 21 heavy (non-hydrogen) atoms. The molecule has 2 aromatic carbocycles. The normalized spacial score (nSPS) is 11.2. The molecule has 110 valence electrons. The highest BCUT2D eigenvalue weighted by Crippen LogP contribution is 2.29. The van der Waals surface area contributed by atoms with E-state index < -0.39 is 17.9 Å². The van der Waals surface area contributed by atoms with E-state index in [2.05, 4.69) is 20.7 Å². The Hall–Kier alpha value is -2.02. The maximum absolute atomic E-state index is 12.4. The van der Waals surface area contributed by atoms with Crippen LogP contribution in [0.25, 0.3) is 0 Å². The quantitative estimate of drug-likeness (QED) is 0.661. The lowest BCUT2D eigenvalue weighted by Gasteiger charge is -2.13. The first-order chi connectivity index (χ1) is 9.78. The van der Waals surface area contributed by atoms with Crippen LogP contribution in [0.2, 0.25) is 0 Å². The molecule has 0 aliphatic rings. The zero-order valence-corrected chi connectivity index (χ0v) is 12.0. The fraction of sp³-hybridized carbons (Fsp3) is 0.0714. The van der Waals surface area contributed by atoms with Gasteiger partial charge in [-0.1, -0.05) is 28.1 Å². The van der Waals surface area contributed by atoms with Gasteiger partial charge in [0.2, 0.25) is 0 Å². The first kappa shape index (κ1) is 15.4. The first-order valence-corrected chi connectivity index (χ1v) is 6.52. The molecule has 0 fully saturated rings. The molecule has 0 atom stereocenters. The predicted molar refractivity (Wildman–Crippen MR) is 75.1 cm³/mol. The molecule has 0 spiro atoms. The average molecular weight is 360 g/mol. The van der Waals surface area contributed by atoms with Crippen molar-refractivity contribution in [1.82, 2.24) is 0 Å². The highest BCUT2D eigenvalue weighted by Gasteiger charge is 2.33. The van der Waals surface area contributed by atoms with Crippen molar-refractivity contribution >= 4 is 27.4 Å². The summed E-state index contributed by atoms with van der Waals surface area (Å²) in [4.78, 5) is 12.4. The molecule has 2 aromatic rings. The fourth-order valence-electron chi connectivity index (χ4n) is 1.74. The summed E-state index contributed by atoms with van der Waals surface area (Å²) in [7, 11) is 0. The lowest BCUT2D eigenvalue weighted by atomic mass is 10.0. The van der Waals surface area contributed by atoms with Crippen LogP contribution in [-0.4, -0.2) is 12.1 Å². The van der Waals surface area contributed by atoms with E-state index in [-0.39, 0.29) is 16.8 Å². The van der Waals surface area contributed by atoms with Crippen LogP contribution in [0.5, 0.6) is 5.75 Å². The fourth-order valence-corrected chi connectivity index (χ4v) is 2.10. The number of carbonyl (C=O) groups excluding carboxylic acids is 1. The summed E-state index contributed by atoms with van der Waals surface area (Å²) in [6.07, 6.45) is -4.88. The van der Waals surface area contributed by atoms with Crippen LogP contribution in [0.1, 0.15) is 15.9 Å². The van der Waals surface area contributed by atoms with Gasteiger partial charge in [-0.15, -0.1) is 13.2 Å². The molecule has 0 unspecified atom stereocenters. The van der Waals surface area contributed by atoms with Crippen LogP contribution in [-0.2, 0) is 0 Å². The van der Waals surface area contributed by atoms with Crippen LogP contribution in [0, 0.1) is 0 Å². The van der Waals surface area contributed by atoms with E-state index in [1.165, 1.54) is 30.3 Å². The number of nitrogens with two attached hydrogens (primary N) is 1. The number of nitrogen functional groups attached to an aromatic ring is 1. The van der Waals surface area contributed by atoms with Crippen LogP contribution in [0.4, 0.5) is 18.9 Å². The molecule has 0 aromatic heterocycles. The molecule has 0 radical (unpaired) electrons. The molecule has 0 bridgehead atoms. The topological polar surface area (TPSA) is 52.3 Å². The van der Waals surface area contributed by atoms with Crippen LogP contribution in [0.3, 0.4) is 0 Å². The molecular weight excluding hydrogens is 351 g/mol. The summed E-state index contributed by atoms with van der Waals surface area (Å²) >= 11 is 3.19. The number of hydrogen-bond acceptors (Lipinski definition) is 3. The van der Waals surface area contributed by atoms with Gasteiger partial charge in [0.25, 0.3) is 0 Å². The number of rotatable bonds is 3. The Kier molecular flexibility index (Phi) is 4.22. The number of ketones is 1. The van der Waals surface area contributed by atoms with Gasteiger partial charge < -0.3 is 10.5 Å². The molecule has 7 heteroatoms. The lowest BCUT2D eigenvalue weighted by molar-refractivity contribution is -0.274. The number of alkyl halides is 3. The Morgan fingerprint density at radius 2 is 1.76 bits per heavy atom. The van der Waals surface area contributed by atoms with Gasteiger partial charge >= 0.3 is 6.36 Å². The third-order valence-electron chi connectivity index (χ3n) is 2.62. The van der Waals surface area contributed by atoms with Crippen molar-refractivity contribution < 1.29 is 22.7 Å². The summed E-state index contributed by atoms with van der Waals surface area (Å²) in [5, 5.41) is 0. The number of benzene rings is 2. The Balaban J connectivity index is 2.46. The Morgan fingerprint density at radius 3 is 2.43 bits per heavy atom. The first-order valence-electron chi connectivity index (χ1n) is 5.72. The van der Waals surface area contributed by atoms with E-state index in [1.807, 2.05) is 0 Å². The maximum atomic E-state index is 12.4. The molecule has 0 saturated heterocycles. The number of anilines is 1. The Labute approximate surface area is 126 Å². The van der Waals surface area contributed by atoms with E-state index in [4.69, 9.17) is 5.73 Å². The zero-order chi connectivity index (χ0) is 15.6. The molecule has 3 nitrogen and oxygen atoms in total. The summed E-state index contributed by atoms with van der Waals surface area (Å²) in [6.45, 7) is 0. The second-order valence-electron chi connectivity index (χ2n) is 4.10. The van der Waals surface area contributed by atoms with Crippen molar-refractivity contribution in [3.63, 3.8) is 0 Å². The molecule has 0 aliphatic heterocycles. The SMILES string of the molecule is Nc1ccc(Br)cc1C(=O)c1ccccc1OC(F)(F)F. The third kappa shape index (κ3) is 3.75. The van der Waals surface area contributed by atoms with Crippen molar-refractivity contribution in [1.29, 1.82) is 0 Å². The van der Waals surface area contributed by atoms with Crippen molar-refractivity contribution in [2.75, 3.05) is 5.73 Å². The number of hydrogen-bond donors (Lipinski definition) is 1. The van der Waals surface area contributed by atoms with E-state index in [0.717, 1.165) is 6.07 Å². The van der Waals surface area contributed by atoms with Gasteiger partial charge in [-0.05, 0) is 30.3 Å². The highest BCUT2D eigenvalue weighted by molar-refractivity contribution is 9.10.